The number of nitrogens with one attached hydrogen (secondary N) is 1. The fraction of sp³-hybridized carbons (Fsp3) is 0.471. The third-order valence-electron chi connectivity index (χ3n) is 4.01. The van der Waals surface area contributed by atoms with Crippen molar-refractivity contribution in [2.24, 2.45) is 12.0 Å². The monoisotopic (exact) mass is 405 g/mol. The Labute approximate surface area is 164 Å². The van der Waals surface area contributed by atoms with Crippen molar-refractivity contribution < 1.29 is 23.8 Å². The average molecular weight is 405 g/mol. The van der Waals surface area contributed by atoms with Crippen molar-refractivity contribution in [1.82, 2.24) is 10.2 Å². The zero-order valence-corrected chi connectivity index (χ0v) is 16.7. The molecule has 2 aromatic heterocycles. The fourth-order valence-electron chi connectivity index (χ4n) is 2.78. The number of carbonyl (C=O) groups is 1. The molecule has 148 valence electrons. The van der Waals surface area contributed by atoms with E-state index in [9.17, 15) is 20.0 Å². The topological polar surface area (TPSA) is 139 Å². The van der Waals surface area contributed by atoms with E-state index in [2.05, 4.69) is 20.9 Å². The maximum Gasteiger partial charge on any atom is 0.435 e. The molecule has 1 N–H and O–H groups in total. The third-order valence-corrected chi connectivity index (χ3v) is 5.12. The highest BCUT2D eigenvalue weighted by atomic mass is 32.1. The van der Waals surface area contributed by atoms with Crippen molar-refractivity contribution in [3.05, 3.63) is 32.1 Å². The van der Waals surface area contributed by atoms with E-state index >= 15 is 0 Å². The van der Waals surface area contributed by atoms with Crippen LogP contribution in [0.5, 0.6) is 0 Å². The molecule has 28 heavy (non-hydrogen) atoms. The molecule has 3 heterocycles. The zero-order chi connectivity index (χ0) is 20.6. The number of nitriles is 1. The molecule has 3 rings (SSSR count). The fourth-order valence-corrected chi connectivity index (χ4v) is 3.96. The van der Waals surface area contributed by atoms with Crippen LogP contribution in [0.4, 0.5) is 9.80 Å². The Hall–Kier alpha value is -3.13. The second-order valence-corrected chi connectivity index (χ2v) is 8.34. The van der Waals surface area contributed by atoms with Gasteiger partial charge in [0.25, 0.3) is 0 Å². The molecular weight excluding hydrogens is 386 g/mol. The highest BCUT2D eigenvalue weighted by Gasteiger charge is 2.30. The standard InChI is InChI=1S/C17H19N5O5S/c1-17(2,3)26-16(25)22-6-5-9-10(7-18)14(28-11(9)8-22)19-13(23)12-15(24)27-20-21(12)4/h5-6,8H2,1-4H3,(H-,19,20,23,24). The molecule has 1 aliphatic heterocycles. The van der Waals surface area contributed by atoms with E-state index in [4.69, 9.17) is 4.74 Å². The predicted molar refractivity (Wildman–Crippen MR) is 96.1 cm³/mol. The minimum Gasteiger partial charge on any atom is -0.854 e. The molecule has 0 unspecified atom stereocenters. The summed E-state index contributed by atoms with van der Waals surface area (Å²) in [6.07, 6.45) is 0.0224. The number of fused-ring (bicyclic) bond motifs is 1. The smallest absolute Gasteiger partial charge is 0.435 e. The van der Waals surface area contributed by atoms with Gasteiger partial charge in [-0.25, -0.2) is 14.6 Å². The van der Waals surface area contributed by atoms with Gasteiger partial charge < -0.3 is 14.7 Å². The number of aromatic nitrogens is 2. The minimum atomic E-state index is -0.841. The molecule has 1 amide bonds. The van der Waals surface area contributed by atoms with E-state index in [1.807, 2.05) is 0 Å². The molecule has 1 aliphatic rings. The summed E-state index contributed by atoms with van der Waals surface area (Å²) in [6.45, 7) is 6.04. The van der Waals surface area contributed by atoms with E-state index < -0.39 is 23.2 Å². The molecule has 2 aromatic rings. The Morgan fingerprint density at radius 1 is 1.50 bits per heavy atom. The van der Waals surface area contributed by atoms with Crippen LogP contribution in [0.2, 0.25) is 0 Å². The van der Waals surface area contributed by atoms with Gasteiger partial charge in [0, 0.05) is 11.4 Å². The number of ether oxygens (including phenoxy) is 1. The number of rotatable bonds is 2. The molecule has 0 fully saturated rings. The number of carbonyl (C=O) groups excluding carboxylic acids is 1. The number of aliphatic imine (C=N–C) groups is 1. The summed E-state index contributed by atoms with van der Waals surface area (Å²) >= 11 is 1.15. The van der Waals surface area contributed by atoms with Crippen molar-refractivity contribution in [2.45, 2.75) is 39.3 Å². The Morgan fingerprint density at radius 2 is 2.21 bits per heavy atom. The largest absolute Gasteiger partial charge is 0.854 e. The summed E-state index contributed by atoms with van der Waals surface area (Å²) in [4.78, 5) is 30.2. The lowest BCUT2D eigenvalue weighted by atomic mass is 10.0. The molecule has 0 saturated carbocycles. The van der Waals surface area contributed by atoms with Crippen molar-refractivity contribution in [1.29, 1.82) is 5.26 Å². The van der Waals surface area contributed by atoms with Crippen LogP contribution < -0.4 is 15.4 Å². The first-order chi connectivity index (χ1) is 13.1. The number of hydrogen-bond acceptors (Lipinski definition) is 8. The molecular formula is C17H19N5O5S. The van der Waals surface area contributed by atoms with Gasteiger partial charge >= 0.3 is 17.4 Å². The lowest BCUT2D eigenvalue weighted by Gasteiger charge is -2.29. The van der Waals surface area contributed by atoms with Gasteiger partial charge in [-0.3, -0.25) is 4.52 Å². The quantitative estimate of drug-likeness (QED) is 0.437. The van der Waals surface area contributed by atoms with Crippen LogP contribution >= 0.6 is 11.3 Å². The van der Waals surface area contributed by atoms with Crippen molar-refractivity contribution in [2.75, 3.05) is 6.54 Å². The van der Waals surface area contributed by atoms with Crippen LogP contribution in [0.3, 0.4) is 0 Å². The summed E-state index contributed by atoms with van der Waals surface area (Å²) in [5.74, 6) is -0.809. The summed E-state index contributed by atoms with van der Waals surface area (Å²) in [5.41, 5.74) is -0.660. The van der Waals surface area contributed by atoms with Crippen LogP contribution in [0.15, 0.2) is 14.3 Å². The molecule has 0 aromatic carbocycles. The van der Waals surface area contributed by atoms with E-state index in [0.717, 1.165) is 26.5 Å². The normalized spacial score (nSPS) is 14.5. The molecule has 0 radical (unpaired) electrons. The van der Waals surface area contributed by atoms with Gasteiger partial charge in [0.05, 0.1) is 18.0 Å². The molecule has 11 heteroatoms. The summed E-state index contributed by atoms with van der Waals surface area (Å²) in [7, 11) is 1.44. The maximum absolute atomic E-state index is 12.4. The van der Waals surface area contributed by atoms with Gasteiger partial charge in [-0.2, -0.15) is 5.26 Å². The van der Waals surface area contributed by atoms with Crippen LogP contribution in [0.1, 0.15) is 42.5 Å². The summed E-state index contributed by atoms with van der Waals surface area (Å²) in [6, 6.07) is 2.08. The van der Waals surface area contributed by atoms with Gasteiger partial charge in [-0.15, -0.1) is 11.3 Å². The number of aromatic amines is 1. The Kier molecular flexibility index (Phi) is 4.99. The van der Waals surface area contributed by atoms with Gasteiger partial charge in [-0.05, 0) is 38.0 Å². The number of thiophene rings is 1. The Bertz CT molecular complexity index is 1050. The number of nitrogens with zero attached hydrogens (tertiary/aromatic N) is 4. The average Bonchev–Trinajstić information content (AvgIpc) is 3.11. The van der Waals surface area contributed by atoms with Gasteiger partial charge in [0.2, 0.25) is 0 Å². The zero-order valence-electron chi connectivity index (χ0n) is 15.9. The van der Waals surface area contributed by atoms with Gasteiger partial charge in [0.15, 0.2) is 7.05 Å². The lowest BCUT2D eigenvalue weighted by Crippen LogP contribution is -2.43. The van der Waals surface area contributed by atoms with E-state index in [1.54, 1.807) is 25.7 Å². The number of hydrogen-bond donors (Lipinski definition) is 1. The molecule has 0 atom stereocenters. The maximum atomic E-state index is 12.4. The number of aryl methyl sites for hydroxylation is 1. The molecule has 0 aliphatic carbocycles. The van der Waals surface area contributed by atoms with Gasteiger partial charge in [-0.1, -0.05) is 4.68 Å². The van der Waals surface area contributed by atoms with Crippen LogP contribution in [0.25, 0.3) is 0 Å². The first kappa shape index (κ1) is 19.6. The summed E-state index contributed by atoms with van der Waals surface area (Å²) < 4.78 is 11.1. The first-order valence-electron chi connectivity index (χ1n) is 8.47. The number of amides is 1. The minimum absolute atomic E-state index is 0.212. The van der Waals surface area contributed by atoms with Crippen LogP contribution in [-0.2, 0) is 24.8 Å². The molecule has 0 bridgehead atoms. The second-order valence-electron chi connectivity index (χ2n) is 7.25. The first-order valence-corrected chi connectivity index (χ1v) is 9.28. The molecule has 0 saturated heterocycles. The highest BCUT2D eigenvalue weighted by Crippen LogP contribution is 2.38. The molecule has 0 spiro atoms. The van der Waals surface area contributed by atoms with Crippen molar-refractivity contribution in [3.63, 3.8) is 0 Å². The molecule has 10 nitrogen and oxygen atoms in total. The Morgan fingerprint density at radius 3 is 2.79 bits per heavy atom. The second kappa shape index (κ2) is 7.12. The number of H-pyrrole nitrogens is 1. The Balaban J connectivity index is 1.92. The predicted octanol–water partition coefficient (Wildman–Crippen LogP) is 0.457. The lowest BCUT2D eigenvalue weighted by molar-refractivity contribution is -0.742. The summed E-state index contributed by atoms with van der Waals surface area (Å²) in [5, 5.41) is 24.4. The van der Waals surface area contributed by atoms with E-state index in [0.29, 0.717) is 18.5 Å². The highest BCUT2D eigenvalue weighted by molar-refractivity contribution is 7.16. The van der Waals surface area contributed by atoms with Gasteiger partial charge in [0.1, 0.15) is 16.7 Å². The third kappa shape index (κ3) is 3.77. The SMILES string of the molecule is C[n+]1[nH]oc(=O)c1/C([O-])=N/c1sc2c(c1C#N)CCN(C(=O)OC(C)(C)C)C2. The van der Waals surface area contributed by atoms with E-state index in [-0.39, 0.29) is 17.2 Å². The van der Waals surface area contributed by atoms with Crippen molar-refractivity contribution >= 4 is 28.3 Å². The van der Waals surface area contributed by atoms with Crippen molar-refractivity contribution in [3.8, 4) is 6.07 Å². The van der Waals surface area contributed by atoms with Crippen LogP contribution in [0, 0.1) is 11.3 Å². The van der Waals surface area contributed by atoms with Crippen LogP contribution in [-0.4, -0.2) is 34.3 Å². The van der Waals surface area contributed by atoms with E-state index in [1.165, 1.54) is 7.05 Å².